The Bertz CT molecular complexity index is 648. The average molecular weight is 452 g/mol. The summed E-state index contributed by atoms with van der Waals surface area (Å²) in [6.45, 7) is -1.12. The van der Waals surface area contributed by atoms with E-state index in [1.54, 1.807) is 6.07 Å². The van der Waals surface area contributed by atoms with Crippen LogP contribution < -0.4 is 15.8 Å². The lowest BCUT2D eigenvalue weighted by Gasteiger charge is -2.08. The van der Waals surface area contributed by atoms with E-state index in [1.165, 1.54) is 12.3 Å². The molecule has 24 heavy (non-hydrogen) atoms. The van der Waals surface area contributed by atoms with Gasteiger partial charge in [0.1, 0.15) is 0 Å². The number of nitrogens with one attached hydrogen (secondary N) is 1. The van der Waals surface area contributed by atoms with E-state index in [0.29, 0.717) is 5.56 Å². The maximum absolute atomic E-state index is 12.0. The molecule has 0 fully saturated rings. The maximum atomic E-state index is 12.0. The molecule has 1 aromatic carbocycles. The molecule has 0 aliphatic heterocycles. The molecule has 3 N–H and O–H groups in total. The first kappa shape index (κ1) is 20.0. The molecule has 2 aromatic rings. The molecule has 0 spiro atoms. The van der Waals surface area contributed by atoms with Gasteiger partial charge in [0.15, 0.2) is 12.6 Å². The summed E-state index contributed by atoms with van der Waals surface area (Å²) in [5.74, 6) is 0.138. The zero-order valence-corrected chi connectivity index (χ0v) is 14.8. The molecule has 1 heterocycles. The highest BCUT2D eigenvalue weighted by Gasteiger charge is 2.28. The van der Waals surface area contributed by atoms with E-state index in [4.69, 9.17) is 5.73 Å². The number of aliphatic imine (C=N–C) groups is 1. The molecule has 0 aliphatic carbocycles. The van der Waals surface area contributed by atoms with Crippen LogP contribution in [0.25, 0.3) is 0 Å². The van der Waals surface area contributed by atoms with Crippen LogP contribution in [-0.2, 0) is 6.54 Å². The van der Waals surface area contributed by atoms with Crippen molar-refractivity contribution in [2.75, 3.05) is 11.9 Å². The van der Waals surface area contributed by atoms with Crippen molar-refractivity contribution in [3.05, 3.63) is 54.2 Å². The van der Waals surface area contributed by atoms with Gasteiger partial charge in [0.2, 0.25) is 5.88 Å². The Labute approximate surface area is 154 Å². The number of hydrogen-bond acceptors (Lipinski definition) is 3. The summed E-state index contributed by atoms with van der Waals surface area (Å²) >= 11 is 0. The minimum Gasteiger partial charge on any atom is -0.468 e. The van der Waals surface area contributed by atoms with Gasteiger partial charge in [-0.25, -0.2) is 9.98 Å². The number of ether oxygens (including phenoxy) is 1. The number of benzene rings is 1. The van der Waals surface area contributed by atoms with Crippen LogP contribution in [0.3, 0.4) is 0 Å². The van der Waals surface area contributed by atoms with Crippen molar-refractivity contribution in [2.45, 2.75) is 12.7 Å². The summed E-state index contributed by atoms with van der Waals surface area (Å²) in [5.41, 5.74) is 7.25. The Morgan fingerprint density at radius 2 is 1.88 bits per heavy atom. The summed E-state index contributed by atoms with van der Waals surface area (Å²) in [5, 5.41) is 2.92. The second kappa shape index (κ2) is 9.30. The predicted octanol–water partition coefficient (Wildman–Crippen LogP) is 3.57. The number of pyridine rings is 1. The highest BCUT2D eigenvalue weighted by Crippen LogP contribution is 2.17. The van der Waals surface area contributed by atoms with Crippen LogP contribution in [-0.4, -0.2) is 23.7 Å². The third-order valence-electron chi connectivity index (χ3n) is 2.66. The zero-order chi connectivity index (χ0) is 16.7. The lowest BCUT2D eigenvalue weighted by molar-refractivity contribution is -0.154. The molecule has 0 unspecified atom stereocenters. The number of rotatable bonds is 5. The molecule has 5 nitrogen and oxygen atoms in total. The fourth-order valence-corrected chi connectivity index (χ4v) is 1.63. The summed E-state index contributed by atoms with van der Waals surface area (Å²) in [7, 11) is 0. The van der Waals surface area contributed by atoms with Crippen LogP contribution in [0.1, 0.15) is 5.56 Å². The van der Waals surface area contributed by atoms with E-state index in [9.17, 15) is 13.2 Å². The Hall–Kier alpha value is -2.04. The van der Waals surface area contributed by atoms with Crippen molar-refractivity contribution in [3.63, 3.8) is 0 Å². The van der Waals surface area contributed by atoms with E-state index < -0.39 is 12.8 Å². The Kier molecular flexibility index (Phi) is 7.75. The molecule has 0 bridgehead atoms. The SMILES string of the molecule is I.NC(=NCc1ccc(OCC(F)(F)F)nc1)Nc1ccccc1. The van der Waals surface area contributed by atoms with Gasteiger partial charge in [0.05, 0.1) is 6.54 Å². The lowest BCUT2D eigenvalue weighted by Crippen LogP contribution is -2.22. The third-order valence-corrected chi connectivity index (χ3v) is 2.66. The molecule has 0 amide bonds. The summed E-state index contributed by atoms with van der Waals surface area (Å²) in [6, 6.07) is 12.2. The molecule has 0 aliphatic rings. The lowest BCUT2D eigenvalue weighted by atomic mass is 10.3. The first-order chi connectivity index (χ1) is 10.9. The van der Waals surface area contributed by atoms with Crippen LogP contribution in [0.2, 0.25) is 0 Å². The van der Waals surface area contributed by atoms with E-state index >= 15 is 0 Å². The van der Waals surface area contributed by atoms with Gasteiger partial charge >= 0.3 is 6.18 Å². The Morgan fingerprint density at radius 1 is 1.17 bits per heavy atom. The van der Waals surface area contributed by atoms with Gasteiger partial charge in [-0.15, -0.1) is 24.0 Å². The maximum Gasteiger partial charge on any atom is 0.422 e. The molecule has 1 aromatic heterocycles. The first-order valence-electron chi connectivity index (χ1n) is 6.69. The van der Waals surface area contributed by atoms with Gasteiger partial charge < -0.3 is 15.8 Å². The van der Waals surface area contributed by atoms with Crippen molar-refractivity contribution in [1.82, 2.24) is 4.98 Å². The van der Waals surface area contributed by atoms with E-state index in [2.05, 4.69) is 20.0 Å². The minimum atomic E-state index is -4.39. The molecular weight excluding hydrogens is 436 g/mol. The number of nitrogens with zero attached hydrogens (tertiary/aromatic N) is 2. The number of nitrogens with two attached hydrogens (primary N) is 1. The molecule has 0 atom stereocenters. The quantitative estimate of drug-likeness (QED) is 0.414. The number of alkyl halides is 3. The first-order valence-corrected chi connectivity index (χ1v) is 6.69. The number of guanidine groups is 1. The second-order valence-corrected chi connectivity index (χ2v) is 4.60. The molecular formula is C15H16F3IN4O. The van der Waals surface area contributed by atoms with Gasteiger partial charge in [-0.1, -0.05) is 24.3 Å². The van der Waals surface area contributed by atoms with Crippen LogP contribution in [0.4, 0.5) is 18.9 Å². The number of aromatic nitrogens is 1. The number of hydrogen-bond donors (Lipinski definition) is 2. The molecule has 0 saturated carbocycles. The van der Waals surface area contributed by atoms with Crippen LogP contribution in [0, 0.1) is 0 Å². The summed E-state index contributed by atoms with van der Waals surface area (Å²) in [4.78, 5) is 7.92. The highest BCUT2D eigenvalue weighted by molar-refractivity contribution is 14.0. The van der Waals surface area contributed by atoms with Gasteiger partial charge in [-0.05, 0) is 17.7 Å². The van der Waals surface area contributed by atoms with Gasteiger partial charge in [-0.2, -0.15) is 13.2 Å². The molecule has 130 valence electrons. The standard InChI is InChI=1S/C15H15F3N4O.HI/c16-15(17,18)10-23-13-7-6-11(8-20-13)9-21-14(19)22-12-4-2-1-3-5-12;/h1-8H,9-10H2,(H3,19,21,22);1H. The fourth-order valence-electron chi connectivity index (χ4n) is 1.63. The van der Waals surface area contributed by atoms with Gasteiger partial charge in [0.25, 0.3) is 0 Å². The zero-order valence-electron chi connectivity index (χ0n) is 12.5. The fraction of sp³-hybridized carbons (Fsp3) is 0.200. The smallest absolute Gasteiger partial charge is 0.422 e. The van der Waals surface area contributed by atoms with Crippen molar-refractivity contribution in [3.8, 4) is 5.88 Å². The molecule has 0 saturated heterocycles. The molecule has 9 heteroatoms. The topological polar surface area (TPSA) is 72.5 Å². The van der Waals surface area contributed by atoms with Crippen molar-refractivity contribution in [1.29, 1.82) is 0 Å². The second-order valence-electron chi connectivity index (χ2n) is 4.60. The Balaban J connectivity index is 0.00000288. The van der Waals surface area contributed by atoms with Crippen LogP contribution >= 0.6 is 24.0 Å². The number of anilines is 1. The van der Waals surface area contributed by atoms with Crippen molar-refractivity contribution < 1.29 is 17.9 Å². The normalized spacial score (nSPS) is 11.5. The summed E-state index contributed by atoms with van der Waals surface area (Å²) in [6.07, 6.45) is -2.99. The van der Waals surface area contributed by atoms with E-state index in [-0.39, 0.29) is 42.4 Å². The predicted molar refractivity (Wildman–Crippen MR) is 96.6 cm³/mol. The van der Waals surface area contributed by atoms with Gasteiger partial charge in [-0.3, -0.25) is 0 Å². The highest BCUT2D eigenvalue weighted by atomic mass is 127. The van der Waals surface area contributed by atoms with Crippen LogP contribution in [0.15, 0.2) is 53.7 Å². The minimum absolute atomic E-state index is 0. The summed E-state index contributed by atoms with van der Waals surface area (Å²) < 4.78 is 40.6. The molecule has 2 rings (SSSR count). The van der Waals surface area contributed by atoms with Crippen molar-refractivity contribution >= 4 is 35.6 Å². The third kappa shape index (κ3) is 7.49. The number of halogens is 4. The Morgan fingerprint density at radius 3 is 2.46 bits per heavy atom. The average Bonchev–Trinajstić information content (AvgIpc) is 2.52. The van der Waals surface area contributed by atoms with E-state index in [0.717, 1.165) is 5.69 Å². The van der Waals surface area contributed by atoms with Gasteiger partial charge in [0, 0.05) is 18.0 Å². The van der Waals surface area contributed by atoms with E-state index in [1.807, 2.05) is 30.3 Å². The monoisotopic (exact) mass is 452 g/mol. The largest absolute Gasteiger partial charge is 0.468 e. The number of para-hydroxylation sites is 1. The van der Waals surface area contributed by atoms with Crippen LogP contribution in [0.5, 0.6) is 5.88 Å². The molecule has 0 radical (unpaired) electrons. The van der Waals surface area contributed by atoms with Crippen molar-refractivity contribution in [2.24, 2.45) is 10.7 Å².